The highest BCUT2D eigenvalue weighted by atomic mass is 15.2. The third kappa shape index (κ3) is 3.94. The first kappa shape index (κ1) is 15.3. The summed E-state index contributed by atoms with van der Waals surface area (Å²) in [4.78, 5) is 11.4. The van der Waals surface area contributed by atoms with Crippen LogP contribution in [0.25, 0.3) is 0 Å². The highest BCUT2D eigenvalue weighted by molar-refractivity contribution is 5.45. The number of nitrogens with one attached hydrogen (secondary N) is 1. The van der Waals surface area contributed by atoms with E-state index in [-0.39, 0.29) is 6.04 Å². The van der Waals surface area contributed by atoms with Gasteiger partial charge in [-0.1, -0.05) is 30.3 Å². The summed E-state index contributed by atoms with van der Waals surface area (Å²) >= 11 is 0. The Morgan fingerprint density at radius 2 is 1.76 bits per heavy atom. The predicted molar refractivity (Wildman–Crippen MR) is 88.8 cm³/mol. The molecule has 0 fully saturated rings. The molecule has 0 saturated carbocycles. The first-order chi connectivity index (χ1) is 10.1. The highest BCUT2D eigenvalue weighted by Crippen LogP contribution is 2.19. The van der Waals surface area contributed by atoms with Crippen LogP contribution >= 0.6 is 0 Å². The van der Waals surface area contributed by atoms with Crippen molar-refractivity contribution in [2.24, 2.45) is 0 Å². The van der Waals surface area contributed by atoms with E-state index in [2.05, 4.69) is 53.1 Å². The number of hydrogen-bond acceptors (Lipinski definition) is 4. The molecule has 1 aromatic carbocycles. The summed E-state index contributed by atoms with van der Waals surface area (Å²) in [6.45, 7) is 10.3. The Morgan fingerprint density at radius 1 is 1.10 bits per heavy atom. The number of hydrogen-bond donors (Lipinski definition) is 1. The molecule has 1 heterocycles. The van der Waals surface area contributed by atoms with E-state index < -0.39 is 0 Å². The average molecular weight is 284 g/mol. The molecule has 4 heteroatoms. The second kappa shape index (κ2) is 7.07. The van der Waals surface area contributed by atoms with Crippen LogP contribution in [0.1, 0.15) is 38.1 Å². The van der Waals surface area contributed by atoms with Crippen molar-refractivity contribution in [3.63, 3.8) is 0 Å². The lowest BCUT2D eigenvalue weighted by molar-refractivity contribution is 0.822. The lowest BCUT2D eigenvalue weighted by Gasteiger charge is -2.21. The molecule has 112 valence electrons. The maximum Gasteiger partial charge on any atom is 0.225 e. The fourth-order valence-corrected chi connectivity index (χ4v) is 2.34. The molecular weight excluding hydrogens is 260 g/mol. The van der Waals surface area contributed by atoms with Crippen LogP contribution < -0.4 is 10.2 Å². The van der Waals surface area contributed by atoms with Crippen molar-refractivity contribution in [1.29, 1.82) is 0 Å². The fourth-order valence-electron chi connectivity index (χ4n) is 2.34. The van der Waals surface area contributed by atoms with Gasteiger partial charge in [-0.05, 0) is 33.3 Å². The minimum absolute atomic E-state index is 0.178. The van der Waals surface area contributed by atoms with Gasteiger partial charge in [0.1, 0.15) is 5.82 Å². The molecule has 2 rings (SSSR count). The number of benzene rings is 1. The molecule has 0 aliphatic heterocycles. The molecule has 1 unspecified atom stereocenters. The molecule has 0 amide bonds. The summed E-state index contributed by atoms with van der Waals surface area (Å²) in [5.41, 5.74) is 2.21. The maximum atomic E-state index is 4.64. The molecule has 0 aliphatic rings. The van der Waals surface area contributed by atoms with Crippen LogP contribution in [-0.2, 0) is 0 Å². The van der Waals surface area contributed by atoms with E-state index in [0.29, 0.717) is 5.95 Å². The third-order valence-electron chi connectivity index (χ3n) is 3.57. The number of aromatic nitrogens is 2. The van der Waals surface area contributed by atoms with Crippen molar-refractivity contribution in [2.45, 2.75) is 33.7 Å². The molecular formula is C17H24N4. The molecule has 0 spiro atoms. The van der Waals surface area contributed by atoms with Crippen molar-refractivity contribution in [2.75, 3.05) is 23.3 Å². The summed E-state index contributed by atoms with van der Waals surface area (Å²) in [5.74, 6) is 1.67. The van der Waals surface area contributed by atoms with Crippen LogP contribution in [0.3, 0.4) is 0 Å². The van der Waals surface area contributed by atoms with Crippen LogP contribution in [0.2, 0.25) is 0 Å². The van der Waals surface area contributed by atoms with Gasteiger partial charge >= 0.3 is 0 Å². The van der Waals surface area contributed by atoms with Gasteiger partial charge in [0.15, 0.2) is 0 Å². The van der Waals surface area contributed by atoms with Gasteiger partial charge in [-0.2, -0.15) is 4.98 Å². The zero-order chi connectivity index (χ0) is 15.2. The molecule has 1 N–H and O–H groups in total. The lowest BCUT2D eigenvalue weighted by Crippen LogP contribution is -2.24. The molecule has 4 nitrogen and oxygen atoms in total. The summed E-state index contributed by atoms with van der Waals surface area (Å²) in [5, 5.41) is 3.39. The van der Waals surface area contributed by atoms with Crippen molar-refractivity contribution in [3.05, 3.63) is 47.7 Å². The van der Waals surface area contributed by atoms with E-state index in [0.717, 1.165) is 24.6 Å². The van der Waals surface area contributed by atoms with Crippen molar-refractivity contribution < 1.29 is 0 Å². The topological polar surface area (TPSA) is 41.1 Å². The van der Waals surface area contributed by atoms with Gasteiger partial charge in [0.25, 0.3) is 0 Å². The first-order valence-electron chi connectivity index (χ1n) is 7.56. The SMILES string of the molecule is CCN(CC)c1cc(C)nc(NC(C)c2ccccc2)n1. The molecule has 0 bridgehead atoms. The lowest BCUT2D eigenvalue weighted by atomic mass is 10.1. The highest BCUT2D eigenvalue weighted by Gasteiger charge is 2.10. The van der Waals surface area contributed by atoms with Gasteiger partial charge < -0.3 is 10.2 Å². The first-order valence-corrected chi connectivity index (χ1v) is 7.56. The van der Waals surface area contributed by atoms with Crippen LogP contribution in [-0.4, -0.2) is 23.1 Å². The second-order valence-corrected chi connectivity index (χ2v) is 5.14. The Labute approximate surface area is 127 Å². The standard InChI is InChI=1S/C17H24N4/c1-5-21(6-2)16-12-13(3)18-17(20-16)19-14(4)15-10-8-7-9-11-15/h7-12,14H,5-6H2,1-4H3,(H,18,19,20). The van der Waals surface area contributed by atoms with Gasteiger partial charge in [-0.3, -0.25) is 0 Å². The Balaban J connectivity index is 2.20. The van der Waals surface area contributed by atoms with Crippen molar-refractivity contribution >= 4 is 11.8 Å². The Morgan fingerprint density at radius 3 is 2.38 bits per heavy atom. The van der Waals surface area contributed by atoms with Gasteiger partial charge in [0.2, 0.25) is 5.95 Å². The quantitative estimate of drug-likeness (QED) is 0.876. The van der Waals surface area contributed by atoms with Gasteiger partial charge in [-0.15, -0.1) is 0 Å². The summed E-state index contributed by atoms with van der Waals surface area (Å²) in [6, 6.07) is 12.6. The van der Waals surface area contributed by atoms with Gasteiger partial charge in [0, 0.05) is 24.8 Å². The van der Waals surface area contributed by atoms with Crippen LogP contribution in [0, 0.1) is 6.92 Å². The Kier molecular flexibility index (Phi) is 5.14. The molecule has 2 aromatic rings. The monoisotopic (exact) mass is 284 g/mol. The largest absolute Gasteiger partial charge is 0.357 e. The number of aryl methyl sites for hydroxylation is 1. The summed E-state index contributed by atoms with van der Waals surface area (Å²) < 4.78 is 0. The maximum absolute atomic E-state index is 4.64. The molecule has 0 radical (unpaired) electrons. The third-order valence-corrected chi connectivity index (χ3v) is 3.57. The molecule has 21 heavy (non-hydrogen) atoms. The Bertz CT molecular complexity index is 564. The minimum Gasteiger partial charge on any atom is -0.357 e. The number of rotatable bonds is 6. The van der Waals surface area contributed by atoms with E-state index in [9.17, 15) is 0 Å². The van der Waals surface area contributed by atoms with Crippen molar-refractivity contribution in [1.82, 2.24) is 9.97 Å². The van der Waals surface area contributed by atoms with Crippen LogP contribution in [0.4, 0.5) is 11.8 Å². The number of anilines is 2. The Hall–Kier alpha value is -2.10. The van der Waals surface area contributed by atoms with E-state index in [1.165, 1.54) is 5.56 Å². The average Bonchev–Trinajstić information content (AvgIpc) is 2.49. The molecule has 1 atom stereocenters. The van der Waals surface area contributed by atoms with E-state index in [4.69, 9.17) is 0 Å². The van der Waals surface area contributed by atoms with Gasteiger partial charge in [0.05, 0.1) is 6.04 Å². The summed E-state index contributed by atoms with van der Waals surface area (Å²) in [7, 11) is 0. The van der Waals surface area contributed by atoms with E-state index in [1.807, 2.05) is 31.2 Å². The normalized spacial score (nSPS) is 12.0. The fraction of sp³-hybridized carbons (Fsp3) is 0.412. The van der Waals surface area contributed by atoms with Crippen LogP contribution in [0.5, 0.6) is 0 Å². The van der Waals surface area contributed by atoms with Gasteiger partial charge in [-0.25, -0.2) is 4.98 Å². The summed E-state index contributed by atoms with van der Waals surface area (Å²) in [6.07, 6.45) is 0. The number of nitrogens with zero attached hydrogens (tertiary/aromatic N) is 3. The van der Waals surface area contributed by atoms with Crippen LogP contribution in [0.15, 0.2) is 36.4 Å². The molecule has 0 aliphatic carbocycles. The molecule has 1 aromatic heterocycles. The zero-order valence-electron chi connectivity index (χ0n) is 13.3. The predicted octanol–water partition coefficient (Wildman–Crippen LogP) is 3.80. The second-order valence-electron chi connectivity index (χ2n) is 5.14. The zero-order valence-corrected chi connectivity index (χ0v) is 13.3. The van der Waals surface area contributed by atoms with E-state index >= 15 is 0 Å². The van der Waals surface area contributed by atoms with Crippen molar-refractivity contribution in [3.8, 4) is 0 Å². The smallest absolute Gasteiger partial charge is 0.225 e. The molecule has 0 saturated heterocycles. The minimum atomic E-state index is 0.178. The van der Waals surface area contributed by atoms with E-state index in [1.54, 1.807) is 0 Å².